The minimum Gasteiger partial charge on any atom is -0.307 e. The average Bonchev–Trinajstić information content (AvgIpc) is 2.59. The third kappa shape index (κ3) is 1.94. The van der Waals surface area contributed by atoms with Gasteiger partial charge in [-0.15, -0.1) is 5.11 Å². The van der Waals surface area contributed by atoms with Crippen molar-refractivity contribution in [3.8, 4) is 0 Å². The van der Waals surface area contributed by atoms with Gasteiger partial charge in [-0.3, -0.25) is 9.35 Å². The Labute approximate surface area is 104 Å². The molecule has 2 aliphatic rings. The number of nitrogens with zero attached hydrogens (tertiary/aromatic N) is 2. The minimum atomic E-state index is -4.40. The van der Waals surface area contributed by atoms with E-state index in [9.17, 15) is 13.2 Å². The van der Waals surface area contributed by atoms with Gasteiger partial charge in [0, 0.05) is 6.42 Å². The first-order valence-electron chi connectivity index (χ1n) is 5.07. The summed E-state index contributed by atoms with van der Waals surface area (Å²) in [5.41, 5.74) is 6.84. The molecule has 1 heterocycles. The maximum absolute atomic E-state index is 11.5. The lowest BCUT2D eigenvalue weighted by molar-refractivity contribution is -0.114. The molecule has 1 aliphatic heterocycles. The van der Waals surface area contributed by atoms with Gasteiger partial charge in [-0.1, -0.05) is 12.2 Å². The van der Waals surface area contributed by atoms with E-state index in [0.29, 0.717) is 16.8 Å². The van der Waals surface area contributed by atoms with E-state index in [-0.39, 0.29) is 6.42 Å². The molecule has 1 unspecified atom stereocenters. The van der Waals surface area contributed by atoms with Gasteiger partial charge in [0.15, 0.2) is 4.87 Å². The Morgan fingerprint density at radius 3 is 2.50 bits per heavy atom. The summed E-state index contributed by atoms with van der Waals surface area (Å²) < 4.78 is 31.2. The summed E-state index contributed by atoms with van der Waals surface area (Å²) in [6.07, 6.45) is 3.89. The highest BCUT2D eigenvalue weighted by Gasteiger charge is 2.37. The van der Waals surface area contributed by atoms with Gasteiger partial charge in [0.1, 0.15) is 0 Å². The molecule has 0 spiro atoms. The van der Waals surface area contributed by atoms with Crippen molar-refractivity contribution in [3.63, 3.8) is 0 Å². The van der Waals surface area contributed by atoms with E-state index in [4.69, 9.17) is 10.3 Å². The molecular weight excluding hydrogens is 258 g/mol. The first-order valence-corrected chi connectivity index (χ1v) is 6.51. The van der Waals surface area contributed by atoms with Gasteiger partial charge in [-0.2, -0.15) is 13.5 Å². The Balaban J connectivity index is 2.33. The van der Waals surface area contributed by atoms with Crippen molar-refractivity contribution in [1.82, 2.24) is 0 Å². The molecule has 2 rings (SSSR count). The minimum absolute atomic E-state index is 0.123. The zero-order valence-corrected chi connectivity index (χ0v) is 10.3. The van der Waals surface area contributed by atoms with E-state index in [1.807, 2.05) is 0 Å². The predicted octanol–water partition coefficient (Wildman–Crippen LogP) is 0.682. The smallest absolute Gasteiger partial charge is 0.297 e. The zero-order chi connectivity index (χ0) is 13.6. The second-order valence-electron chi connectivity index (χ2n) is 4.09. The van der Waals surface area contributed by atoms with Crippen molar-refractivity contribution in [2.75, 3.05) is 0 Å². The normalized spacial score (nSPS) is 27.9. The molecule has 7 nitrogen and oxygen atoms in total. The Morgan fingerprint density at radius 2 is 2.11 bits per heavy atom. The van der Waals surface area contributed by atoms with Crippen LogP contribution < -0.4 is 5.73 Å². The quantitative estimate of drug-likeness (QED) is 0.714. The molecule has 96 valence electrons. The molecule has 0 fully saturated rings. The van der Waals surface area contributed by atoms with Crippen LogP contribution in [0.15, 0.2) is 45.3 Å². The molecule has 8 heteroatoms. The highest BCUT2D eigenvalue weighted by atomic mass is 32.2. The molecule has 1 atom stereocenters. The fourth-order valence-electron chi connectivity index (χ4n) is 1.72. The topological polar surface area (TPSA) is 122 Å². The van der Waals surface area contributed by atoms with Gasteiger partial charge in [0.2, 0.25) is 0 Å². The maximum Gasteiger partial charge on any atom is 0.297 e. The van der Waals surface area contributed by atoms with Gasteiger partial charge >= 0.3 is 0 Å². The van der Waals surface area contributed by atoms with Crippen molar-refractivity contribution < 1.29 is 17.8 Å². The summed E-state index contributed by atoms with van der Waals surface area (Å²) in [6, 6.07) is 0. The van der Waals surface area contributed by atoms with Crippen molar-refractivity contribution >= 4 is 16.0 Å². The molecule has 0 aromatic rings. The summed E-state index contributed by atoms with van der Waals surface area (Å²) in [4.78, 5) is 9.60. The van der Waals surface area contributed by atoms with Crippen molar-refractivity contribution in [2.24, 2.45) is 16.0 Å². The summed E-state index contributed by atoms with van der Waals surface area (Å²) in [7, 11) is -4.40. The van der Waals surface area contributed by atoms with E-state index in [2.05, 4.69) is 10.2 Å². The molecule has 0 saturated heterocycles. The SMILES string of the molecule is CC1=C(C2=CCC(N)(S(=O)(=O)O)C=C2)C(=O)N=N1. The highest BCUT2D eigenvalue weighted by molar-refractivity contribution is 7.87. The number of carbonyl (C=O) groups is 1. The molecule has 1 aliphatic carbocycles. The van der Waals surface area contributed by atoms with Crippen LogP contribution in [0.3, 0.4) is 0 Å². The first kappa shape index (κ1) is 12.8. The number of carbonyl (C=O) groups excluding carboxylic acids is 1. The molecule has 18 heavy (non-hydrogen) atoms. The number of rotatable bonds is 2. The van der Waals surface area contributed by atoms with Gasteiger partial charge in [-0.25, -0.2) is 0 Å². The number of nitrogens with two attached hydrogens (primary N) is 1. The monoisotopic (exact) mass is 269 g/mol. The van der Waals surface area contributed by atoms with Gasteiger partial charge < -0.3 is 5.73 Å². The predicted molar refractivity (Wildman–Crippen MR) is 62.9 cm³/mol. The van der Waals surface area contributed by atoms with Crippen LogP contribution in [0, 0.1) is 0 Å². The van der Waals surface area contributed by atoms with Crippen LogP contribution >= 0.6 is 0 Å². The van der Waals surface area contributed by atoms with Crippen LogP contribution in [0.2, 0.25) is 0 Å². The second-order valence-corrected chi connectivity index (χ2v) is 5.80. The summed E-state index contributed by atoms with van der Waals surface area (Å²) in [5, 5.41) is 7.04. The Hall–Kier alpha value is -1.64. The molecular formula is C10H11N3O4S. The third-order valence-electron chi connectivity index (χ3n) is 2.82. The molecule has 3 N–H and O–H groups in total. The first-order chi connectivity index (χ1) is 8.24. The summed E-state index contributed by atoms with van der Waals surface area (Å²) in [6.45, 7) is 1.63. The van der Waals surface area contributed by atoms with E-state index in [0.717, 1.165) is 6.08 Å². The van der Waals surface area contributed by atoms with Gasteiger partial charge in [0.05, 0.1) is 11.3 Å². The molecule has 1 amide bonds. The maximum atomic E-state index is 11.5. The lowest BCUT2D eigenvalue weighted by atomic mass is 9.96. The lowest BCUT2D eigenvalue weighted by Gasteiger charge is -2.24. The van der Waals surface area contributed by atoms with E-state index < -0.39 is 20.9 Å². The Bertz CT molecular complexity index is 642. The van der Waals surface area contributed by atoms with Crippen LogP contribution in [0.5, 0.6) is 0 Å². The van der Waals surface area contributed by atoms with Crippen LogP contribution in [-0.2, 0) is 14.9 Å². The van der Waals surface area contributed by atoms with Crippen LogP contribution in [0.1, 0.15) is 13.3 Å². The standard InChI is InChI=1S/C10H11N3O4S/c1-6-8(9(14)13-12-6)7-2-4-10(11,5-3-7)18(15,16)17/h2-4H,5,11H2,1H3,(H,15,16,17). The van der Waals surface area contributed by atoms with Crippen molar-refractivity contribution in [3.05, 3.63) is 35.1 Å². The largest absolute Gasteiger partial charge is 0.307 e. The molecule has 0 aromatic carbocycles. The lowest BCUT2D eigenvalue weighted by Crippen LogP contribution is -2.46. The second kappa shape index (κ2) is 3.94. The molecule has 0 radical (unpaired) electrons. The fraction of sp³-hybridized carbons (Fsp3) is 0.300. The third-order valence-corrected chi connectivity index (χ3v) is 4.08. The summed E-state index contributed by atoms with van der Waals surface area (Å²) >= 11 is 0. The van der Waals surface area contributed by atoms with Gasteiger partial charge in [-0.05, 0) is 18.6 Å². The van der Waals surface area contributed by atoms with Crippen molar-refractivity contribution in [2.45, 2.75) is 18.2 Å². The fourth-order valence-corrected chi connectivity index (χ4v) is 2.25. The van der Waals surface area contributed by atoms with Crippen molar-refractivity contribution in [1.29, 1.82) is 0 Å². The number of hydrogen-bond acceptors (Lipinski definition) is 5. The van der Waals surface area contributed by atoms with Crippen LogP contribution in [-0.4, -0.2) is 23.7 Å². The molecule has 0 aromatic heterocycles. The Kier molecular flexibility index (Phi) is 2.80. The number of amides is 1. The Morgan fingerprint density at radius 1 is 1.44 bits per heavy atom. The van der Waals surface area contributed by atoms with Gasteiger partial charge in [0.25, 0.3) is 16.0 Å². The van der Waals surface area contributed by atoms with E-state index >= 15 is 0 Å². The van der Waals surface area contributed by atoms with E-state index in [1.165, 1.54) is 12.2 Å². The molecule has 0 saturated carbocycles. The summed E-state index contributed by atoms with van der Waals surface area (Å²) in [5.74, 6) is -0.472. The van der Waals surface area contributed by atoms with E-state index in [1.54, 1.807) is 6.92 Å². The number of azo groups is 1. The number of hydrogen-bond donors (Lipinski definition) is 2. The van der Waals surface area contributed by atoms with Crippen LogP contribution in [0.4, 0.5) is 0 Å². The zero-order valence-electron chi connectivity index (χ0n) is 9.49. The average molecular weight is 269 g/mol. The molecule has 0 bridgehead atoms. The number of allylic oxidation sites excluding steroid dienone is 2. The van der Waals surface area contributed by atoms with Crippen LogP contribution in [0.25, 0.3) is 0 Å². The highest BCUT2D eigenvalue weighted by Crippen LogP contribution is 2.30.